The summed E-state index contributed by atoms with van der Waals surface area (Å²) in [6, 6.07) is 0. The van der Waals surface area contributed by atoms with E-state index in [0.717, 1.165) is 0 Å². The van der Waals surface area contributed by atoms with Gasteiger partial charge in [-0.3, -0.25) is 0 Å². The van der Waals surface area contributed by atoms with E-state index in [-0.39, 0.29) is 6.20 Å². The maximum atomic E-state index is 12.7. The number of hydrogen-bond acceptors (Lipinski definition) is 2. The number of alkyl halides is 2. The predicted molar refractivity (Wildman–Crippen MR) is 36.1 cm³/mol. The highest BCUT2D eigenvalue weighted by Gasteiger charge is 2.27. The van der Waals surface area contributed by atoms with Crippen molar-refractivity contribution in [2.24, 2.45) is 0 Å². The quantitative estimate of drug-likeness (QED) is 0.598. The van der Waals surface area contributed by atoms with Crippen LogP contribution in [0, 0.1) is 11.8 Å². The Bertz CT molecular complexity index is 380. The molecule has 1 rings (SSSR count). The Hall–Kier alpha value is -1.66. The second-order valence-corrected chi connectivity index (χ2v) is 2.29. The second-order valence-electron chi connectivity index (χ2n) is 2.29. The lowest BCUT2D eigenvalue weighted by atomic mass is 10.1. The van der Waals surface area contributed by atoms with Gasteiger partial charge in [0.05, 0.1) is 11.8 Å². The summed E-state index contributed by atoms with van der Waals surface area (Å²) in [6.45, 7) is 0. The zero-order chi connectivity index (χ0) is 10.9. The molecule has 14 heavy (non-hydrogen) atoms. The van der Waals surface area contributed by atoms with Crippen molar-refractivity contribution < 1.29 is 27.5 Å². The minimum atomic E-state index is -3.43. The Labute approximate surface area is 75.0 Å². The lowest BCUT2D eigenvalue weighted by molar-refractivity contribution is 0.0675. The third-order valence-corrected chi connectivity index (χ3v) is 1.45. The summed E-state index contributed by atoms with van der Waals surface area (Å²) < 4.78 is 49.6. The summed E-state index contributed by atoms with van der Waals surface area (Å²) in [5.74, 6) is -5.13. The number of hydrogen-bond donors (Lipinski definition) is 1. The number of pyridine rings is 1. The molecule has 0 aliphatic rings. The van der Waals surface area contributed by atoms with E-state index >= 15 is 0 Å². The lowest BCUT2D eigenvalue weighted by Crippen LogP contribution is -2.10. The lowest BCUT2D eigenvalue weighted by Gasteiger charge is -2.05. The molecule has 1 aromatic rings. The molecule has 0 aromatic carbocycles. The standard InChI is InChI=1S/C7H3F4NO2/c8-2-1-12-6(11)4(5(9)10)3(2)7(13)14/h1,5H,(H,13,14). The molecule has 3 nitrogen and oxygen atoms in total. The van der Waals surface area contributed by atoms with Gasteiger partial charge in [0.25, 0.3) is 6.43 Å². The largest absolute Gasteiger partial charge is 0.478 e. The molecule has 0 radical (unpaired) electrons. The van der Waals surface area contributed by atoms with Crippen molar-refractivity contribution in [3.8, 4) is 0 Å². The first-order valence-corrected chi connectivity index (χ1v) is 3.30. The van der Waals surface area contributed by atoms with Crippen LogP contribution < -0.4 is 0 Å². The van der Waals surface area contributed by atoms with Crippen molar-refractivity contribution in [1.82, 2.24) is 4.98 Å². The zero-order valence-corrected chi connectivity index (χ0v) is 6.47. The summed E-state index contributed by atoms with van der Waals surface area (Å²) in [7, 11) is 0. The summed E-state index contributed by atoms with van der Waals surface area (Å²) in [5.41, 5.74) is -2.91. The Morgan fingerprint density at radius 2 is 2.00 bits per heavy atom. The fraction of sp³-hybridized carbons (Fsp3) is 0.143. The van der Waals surface area contributed by atoms with E-state index in [0.29, 0.717) is 0 Å². The van der Waals surface area contributed by atoms with Gasteiger partial charge in [0.2, 0.25) is 5.95 Å². The van der Waals surface area contributed by atoms with Crippen LogP contribution >= 0.6 is 0 Å². The van der Waals surface area contributed by atoms with Crippen LogP contribution in [-0.4, -0.2) is 16.1 Å². The third-order valence-electron chi connectivity index (χ3n) is 1.45. The highest BCUT2D eigenvalue weighted by Crippen LogP contribution is 2.26. The Morgan fingerprint density at radius 3 is 2.36 bits per heavy atom. The van der Waals surface area contributed by atoms with Crippen LogP contribution in [0.5, 0.6) is 0 Å². The molecular formula is C7H3F4NO2. The molecule has 0 fully saturated rings. The van der Waals surface area contributed by atoms with E-state index in [4.69, 9.17) is 5.11 Å². The Balaban J connectivity index is 3.50. The number of halogens is 4. The van der Waals surface area contributed by atoms with Crippen LogP contribution in [0.25, 0.3) is 0 Å². The first-order chi connectivity index (χ1) is 6.45. The van der Waals surface area contributed by atoms with Crippen LogP contribution in [0.2, 0.25) is 0 Å². The average molecular weight is 209 g/mol. The molecule has 76 valence electrons. The van der Waals surface area contributed by atoms with E-state index in [1.54, 1.807) is 0 Å². The molecule has 0 aliphatic heterocycles. The van der Waals surface area contributed by atoms with Crippen LogP contribution in [-0.2, 0) is 0 Å². The van der Waals surface area contributed by atoms with E-state index in [1.165, 1.54) is 0 Å². The smallest absolute Gasteiger partial charge is 0.339 e. The van der Waals surface area contributed by atoms with Crippen molar-refractivity contribution in [1.29, 1.82) is 0 Å². The topological polar surface area (TPSA) is 50.2 Å². The molecule has 0 aliphatic carbocycles. The van der Waals surface area contributed by atoms with Crippen molar-refractivity contribution >= 4 is 5.97 Å². The van der Waals surface area contributed by atoms with Crippen molar-refractivity contribution in [2.75, 3.05) is 0 Å². The van der Waals surface area contributed by atoms with Crippen LogP contribution in [0.1, 0.15) is 22.3 Å². The van der Waals surface area contributed by atoms with E-state index in [1.807, 2.05) is 0 Å². The van der Waals surface area contributed by atoms with Crippen LogP contribution in [0.15, 0.2) is 6.20 Å². The number of carboxylic acid groups (broad SMARTS) is 1. The fourth-order valence-electron chi connectivity index (χ4n) is 0.896. The first kappa shape index (κ1) is 10.4. The molecule has 1 heterocycles. The molecule has 7 heteroatoms. The molecule has 0 atom stereocenters. The SMILES string of the molecule is O=C(O)c1c(F)cnc(F)c1C(F)F. The van der Waals surface area contributed by atoms with E-state index in [9.17, 15) is 22.4 Å². The maximum Gasteiger partial charge on any atom is 0.339 e. The van der Waals surface area contributed by atoms with E-state index in [2.05, 4.69) is 4.98 Å². The number of carboxylic acids is 1. The predicted octanol–water partition coefficient (Wildman–Crippen LogP) is 2.00. The van der Waals surface area contributed by atoms with Crippen LogP contribution in [0.4, 0.5) is 17.6 Å². The number of aromatic carboxylic acids is 1. The number of nitrogens with zero attached hydrogens (tertiary/aromatic N) is 1. The fourth-order valence-corrected chi connectivity index (χ4v) is 0.896. The van der Waals surface area contributed by atoms with Gasteiger partial charge in [-0.15, -0.1) is 0 Å². The van der Waals surface area contributed by atoms with Gasteiger partial charge in [0.1, 0.15) is 5.56 Å². The second kappa shape index (κ2) is 3.60. The first-order valence-electron chi connectivity index (χ1n) is 3.30. The number of aromatic nitrogens is 1. The molecule has 1 aromatic heterocycles. The normalized spacial score (nSPS) is 10.6. The molecule has 0 unspecified atom stereocenters. The Morgan fingerprint density at radius 1 is 1.43 bits per heavy atom. The van der Waals surface area contributed by atoms with Crippen molar-refractivity contribution in [3.05, 3.63) is 29.1 Å². The molecular weight excluding hydrogens is 206 g/mol. The number of carbonyl (C=O) groups is 1. The molecule has 0 bridgehead atoms. The van der Waals surface area contributed by atoms with Gasteiger partial charge in [-0.05, 0) is 0 Å². The highest BCUT2D eigenvalue weighted by atomic mass is 19.3. The minimum Gasteiger partial charge on any atom is -0.478 e. The van der Waals surface area contributed by atoms with Gasteiger partial charge in [0, 0.05) is 0 Å². The van der Waals surface area contributed by atoms with Crippen LogP contribution in [0.3, 0.4) is 0 Å². The molecule has 0 amide bonds. The summed E-state index contributed by atoms with van der Waals surface area (Å²) in [6.07, 6.45) is -3.19. The van der Waals surface area contributed by atoms with Gasteiger partial charge in [-0.2, -0.15) is 4.39 Å². The van der Waals surface area contributed by atoms with Gasteiger partial charge in [-0.25, -0.2) is 22.9 Å². The maximum absolute atomic E-state index is 12.7. The highest BCUT2D eigenvalue weighted by molar-refractivity contribution is 5.89. The Kier molecular flexibility index (Phi) is 2.68. The van der Waals surface area contributed by atoms with Gasteiger partial charge in [-0.1, -0.05) is 0 Å². The summed E-state index contributed by atoms with van der Waals surface area (Å²) in [4.78, 5) is 13.0. The third kappa shape index (κ3) is 1.66. The van der Waals surface area contributed by atoms with Gasteiger partial charge >= 0.3 is 5.97 Å². The number of rotatable bonds is 2. The molecule has 1 N–H and O–H groups in total. The average Bonchev–Trinajstić information content (AvgIpc) is 2.07. The van der Waals surface area contributed by atoms with Gasteiger partial charge in [0.15, 0.2) is 5.82 Å². The molecule has 0 spiro atoms. The minimum absolute atomic E-state index is 0.241. The summed E-state index contributed by atoms with van der Waals surface area (Å²) >= 11 is 0. The molecule has 0 saturated heterocycles. The van der Waals surface area contributed by atoms with Crippen molar-refractivity contribution in [2.45, 2.75) is 6.43 Å². The summed E-state index contributed by atoms with van der Waals surface area (Å²) in [5, 5.41) is 8.35. The molecule has 0 saturated carbocycles. The monoisotopic (exact) mass is 209 g/mol. The van der Waals surface area contributed by atoms with Gasteiger partial charge < -0.3 is 5.11 Å². The van der Waals surface area contributed by atoms with Crippen molar-refractivity contribution in [3.63, 3.8) is 0 Å². The zero-order valence-electron chi connectivity index (χ0n) is 6.47. The van der Waals surface area contributed by atoms with E-state index < -0.39 is 35.3 Å².